The first-order valence-electron chi connectivity index (χ1n) is 6.47. The van der Waals surface area contributed by atoms with Gasteiger partial charge in [0.25, 0.3) is 0 Å². The van der Waals surface area contributed by atoms with Crippen LogP contribution in [0.25, 0.3) is 0 Å². The number of nitro groups is 1. The van der Waals surface area contributed by atoms with Crippen LogP contribution in [0.15, 0.2) is 18.2 Å². The van der Waals surface area contributed by atoms with Crippen molar-refractivity contribution in [3.05, 3.63) is 33.9 Å². The maximum atomic E-state index is 10.6. The normalized spacial score (nSPS) is 11.4. The van der Waals surface area contributed by atoms with E-state index in [9.17, 15) is 15.2 Å². The van der Waals surface area contributed by atoms with E-state index < -0.39 is 19.6 Å². The second-order valence-corrected chi connectivity index (χ2v) is 9.55. The van der Waals surface area contributed by atoms with Gasteiger partial charge in [0.15, 0.2) is 0 Å². The molecule has 1 unspecified atom stereocenters. The van der Waals surface area contributed by atoms with Crippen LogP contribution < -0.4 is 5.32 Å². The van der Waals surface area contributed by atoms with E-state index in [4.69, 9.17) is 10.2 Å². The number of nitrogens with zero attached hydrogens (tertiary/aromatic N) is 1. The molecular formula is C13H23AsN2O5. The van der Waals surface area contributed by atoms with E-state index in [2.05, 4.69) is 11.0 Å². The first kappa shape index (κ1) is 19.9. The van der Waals surface area contributed by atoms with E-state index >= 15 is 0 Å². The molecule has 7 nitrogen and oxygen atoms in total. The number of hydrogen-bond acceptors (Lipinski definition) is 6. The third kappa shape index (κ3) is 8.67. The Balaban J connectivity index is 0.000000690. The molecule has 0 aliphatic carbocycles. The number of benzene rings is 1. The van der Waals surface area contributed by atoms with Crippen molar-refractivity contribution < 1.29 is 20.2 Å². The van der Waals surface area contributed by atoms with Crippen LogP contribution in [0.1, 0.15) is 5.56 Å². The van der Waals surface area contributed by atoms with Gasteiger partial charge in [-0.1, -0.05) is 0 Å². The fraction of sp³-hybridized carbons (Fsp3) is 0.538. The SMILES string of the molecule is CNCCO.C[As](CCO)Cc1cc([N+](=O)[O-])ccc1O. The molecule has 8 heteroatoms. The molecule has 0 fully saturated rings. The van der Waals surface area contributed by atoms with Gasteiger partial charge in [-0.05, 0) is 7.05 Å². The molecular weight excluding hydrogens is 339 g/mol. The molecule has 0 heterocycles. The Labute approximate surface area is 129 Å². The zero-order valence-corrected chi connectivity index (χ0v) is 14.2. The summed E-state index contributed by atoms with van der Waals surface area (Å²) in [6.07, 6.45) is 0. The van der Waals surface area contributed by atoms with Gasteiger partial charge in [-0.3, -0.25) is 0 Å². The molecule has 0 saturated heterocycles. The summed E-state index contributed by atoms with van der Waals surface area (Å²) in [7, 11) is 1.80. The Morgan fingerprint density at radius 3 is 2.43 bits per heavy atom. The molecule has 0 aliphatic heterocycles. The van der Waals surface area contributed by atoms with Gasteiger partial charge in [-0.25, -0.2) is 0 Å². The van der Waals surface area contributed by atoms with E-state index in [0.29, 0.717) is 17.3 Å². The van der Waals surface area contributed by atoms with E-state index in [1.165, 1.54) is 18.2 Å². The maximum absolute atomic E-state index is 10.6. The van der Waals surface area contributed by atoms with Crippen molar-refractivity contribution in [1.82, 2.24) is 5.32 Å². The Kier molecular flexibility index (Phi) is 10.9. The summed E-state index contributed by atoms with van der Waals surface area (Å²) in [6, 6.07) is 4.06. The summed E-state index contributed by atoms with van der Waals surface area (Å²) in [5.41, 5.74) is 2.69. The molecule has 0 bridgehead atoms. The van der Waals surface area contributed by atoms with Gasteiger partial charge in [-0.15, -0.1) is 0 Å². The van der Waals surface area contributed by atoms with Crippen molar-refractivity contribution in [3.63, 3.8) is 0 Å². The molecule has 4 N–H and O–H groups in total. The molecule has 0 aromatic heterocycles. The first-order valence-corrected chi connectivity index (χ1v) is 11.0. The van der Waals surface area contributed by atoms with Crippen molar-refractivity contribution in [2.75, 3.05) is 26.8 Å². The monoisotopic (exact) mass is 362 g/mol. The summed E-state index contributed by atoms with van der Waals surface area (Å²) in [5.74, 6) is 0.102. The quantitative estimate of drug-likeness (QED) is 0.322. The topological polar surface area (TPSA) is 116 Å². The van der Waals surface area contributed by atoms with Gasteiger partial charge >= 0.3 is 97.8 Å². The zero-order valence-electron chi connectivity index (χ0n) is 12.3. The van der Waals surface area contributed by atoms with Crippen LogP contribution in [0.3, 0.4) is 0 Å². The van der Waals surface area contributed by atoms with Crippen molar-refractivity contribution in [2.45, 2.75) is 16.1 Å². The number of rotatable bonds is 7. The summed E-state index contributed by atoms with van der Waals surface area (Å²) < 4.78 is 0. The number of phenolic OH excluding ortho intramolecular Hbond substituents is 1. The second-order valence-electron chi connectivity index (χ2n) is 4.36. The fourth-order valence-corrected chi connectivity index (χ4v) is 4.26. The van der Waals surface area contributed by atoms with E-state index in [-0.39, 0.29) is 24.7 Å². The number of likely N-dealkylation sites (N-methyl/N-ethyl adjacent to an activating group) is 1. The minimum absolute atomic E-state index is 0.000742. The molecule has 0 saturated carbocycles. The second kappa shape index (κ2) is 11.5. The molecule has 1 aromatic carbocycles. The predicted octanol–water partition coefficient (Wildman–Crippen LogP) is 0.697. The molecule has 1 atom stereocenters. The number of nitrogens with one attached hydrogen (secondary N) is 1. The Morgan fingerprint density at radius 2 is 2.00 bits per heavy atom. The van der Waals surface area contributed by atoms with Crippen LogP contribution in [0, 0.1) is 10.1 Å². The van der Waals surface area contributed by atoms with Gasteiger partial charge in [-0.2, -0.15) is 0 Å². The first-order chi connectivity index (χ1) is 9.96. The van der Waals surface area contributed by atoms with E-state index in [0.717, 1.165) is 5.21 Å². The number of phenols is 1. The number of aliphatic hydroxyl groups is 2. The number of hydrogen-bond donors (Lipinski definition) is 4. The molecule has 120 valence electrons. The van der Waals surface area contributed by atoms with Gasteiger partial charge in [0.2, 0.25) is 0 Å². The Hall–Kier alpha value is -1.14. The fourth-order valence-electron chi connectivity index (χ4n) is 1.46. The van der Waals surface area contributed by atoms with Crippen LogP contribution >= 0.6 is 0 Å². The number of aromatic hydroxyl groups is 1. The van der Waals surface area contributed by atoms with E-state index in [1.807, 2.05) is 0 Å². The molecule has 0 aliphatic rings. The number of non-ortho nitro benzene ring substituents is 1. The standard InChI is InChI=1S/C10H14AsNO4.C3H9NO/c1-11(4-5-13)7-8-6-9(12(15)16)2-3-10(8)14;1-4-2-3-5/h2-3,6,13-14H,4-5,7H2,1H3;4-5H,2-3H2,1H3. The zero-order chi connectivity index (χ0) is 16.3. The van der Waals surface area contributed by atoms with E-state index in [1.54, 1.807) is 7.05 Å². The van der Waals surface area contributed by atoms with Crippen molar-refractivity contribution in [1.29, 1.82) is 0 Å². The summed E-state index contributed by atoms with van der Waals surface area (Å²) in [5, 5.41) is 41.1. The predicted molar refractivity (Wildman–Crippen MR) is 83.0 cm³/mol. The van der Waals surface area contributed by atoms with Gasteiger partial charge in [0, 0.05) is 6.54 Å². The summed E-state index contributed by atoms with van der Waals surface area (Å²) in [6.45, 7) is 1.07. The molecule has 0 amide bonds. The third-order valence-electron chi connectivity index (χ3n) is 2.56. The van der Waals surface area contributed by atoms with Crippen molar-refractivity contribution >= 4 is 20.3 Å². The third-order valence-corrected chi connectivity index (χ3v) is 6.43. The molecule has 1 aromatic rings. The van der Waals surface area contributed by atoms with Crippen molar-refractivity contribution in [3.8, 4) is 5.75 Å². The van der Waals surface area contributed by atoms with Crippen LogP contribution in [0.5, 0.6) is 5.75 Å². The summed E-state index contributed by atoms with van der Waals surface area (Å²) in [4.78, 5) is 10.1. The van der Waals surface area contributed by atoms with Crippen LogP contribution in [-0.4, -0.2) is 61.7 Å². The molecule has 21 heavy (non-hydrogen) atoms. The number of aliphatic hydroxyl groups excluding tert-OH is 2. The van der Waals surface area contributed by atoms with Gasteiger partial charge in [0.05, 0.1) is 6.61 Å². The molecule has 0 radical (unpaired) electrons. The average Bonchev–Trinajstić information content (AvgIpc) is 2.43. The van der Waals surface area contributed by atoms with Crippen LogP contribution in [0.2, 0.25) is 10.9 Å². The Morgan fingerprint density at radius 1 is 1.33 bits per heavy atom. The molecule has 0 spiro atoms. The summed E-state index contributed by atoms with van der Waals surface area (Å²) >= 11 is -1.21. The van der Waals surface area contributed by atoms with Gasteiger partial charge < -0.3 is 10.4 Å². The average molecular weight is 362 g/mol. The number of nitro benzene ring substituents is 1. The van der Waals surface area contributed by atoms with Crippen LogP contribution in [0.4, 0.5) is 5.69 Å². The van der Waals surface area contributed by atoms with Crippen LogP contribution in [-0.2, 0) is 5.21 Å². The Bertz CT molecular complexity index is 429. The van der Waals surface area contributed by atoms with Gasteiger partial charge in [0.1, 0.15) is 0 Å². The molecule has 1 rings (SSSR count). The van der Waals surface area contributed by atoms with Crippen molar-refractivity contribution in [2.24, 2.45) is 0 Å². The minimum atomic E-state index is -1.21.